The average Bonchev–Trinajstić information content (AvgIpc) is 2.55. The van der Waals surface area contributed by atoms with Gasteiger partial charge in [0.2, 0.25) is 0 Å². The van der Waals surface area contributed by atoms with Crippen molar-refractivity contribution in [3.05, 3.63) is 90.8 Å². The molecule has 0 aliphatic rings. The van der Waals surface area contributed by atoms with Crippen molar-refractivity contribution in [1.82, 2.24) is 0 Å². The second-order valence-electron chi connectivity index (χ2n) is 5.38. The van der Waals surface area contributed by atoms with E-state index in [1.54, 1.807) is 0 Å². The van der Waals surface area contributed by atoms with Gasteiger partial charge in [-0.1, -0.05) is 60.7 Å². The first kappa shape index (κ1) is 14.6. The number of halogens is 1. The van der Waals surface area contributed by atoms with Crippen molar-refractivity contribution in [3.63, 3.8) is 0 Å². The molecule has 4 aromatic rings. The summed E-state index contributed by atoms with van der Waals surface area (Å²) >= 11 is 0. The highest BCUT2D eigenvalue weighted by molar-refractivity contribution is 5.85. The largest absolute Gasteiger partial charge is 1.00 e. The van der Waals surface area contributed by atoms with Gasteiger partial charge in [-0.2, -0.15) is 0 Å². The molecule has 0 spiro atoms. The van der Waals surface area contributed by atoms with Gasteiger partial charge in [-0.05, 0) is 22.2 Å². The Morgan fingerprint density at radius 2 is 1.32 bits per heavy atom. The van der Waals surface area contributed by atoms with Crippen LogP contribution >= 0.6 is 0 Å². The van der Waals surface area contributed by atoms with Crippen LogP contribution in [0.3, 0.4) is 0 Å². The fourth-order valence-electron chi connectivity index (χ4n) is 2.90. The molecule has 0 radical (unpaired) electrons. The van der Waals surface area contributed by atoms with Crippen LogP contribution < -0.4 is 17.0 Å². The molecule has 0 aliphatic carbocycles. The third-order valence-electron chi connectivity index (χ3n) is 3.98. The van der Waals surface area contributed by atoms with Gasteiger partial charge < -0.3 is 12.4 Å². The highest BCUT2D eigenvalue weighted by atomic mass is 35.5. The van der Waals surface area contributed by atoms with Gasteiger partial charge in [0, 0.05) is 17.0 Å². The molecule has 2 heteroatoms. The van der Waals surface area contributed by atoms with Gasteiger partial charge in [0.25, 0.3) is 0 Å². The fourth-order valence-corrected chi connectivity index (χ4v) is 2.90. The van der Waals surface area contributed by atoms with Crippen LogP contribution in [0.25, 0.3) is 21.5 Å². The van der Waals surface area contributed by atoms with E-state index in [2.05, 4.69) is 89.8 Å². The van der Waals surface area contributed by atoms with Crippen LogP contribution in [0.5, 0.6) is 0 Å². The molecule has 0 N–H and O–H groups in total. The Kier molecular flexibility index (Phi) is 4.08. The minimum absolute atomic E-state index is 0. The zero-order valence-corrected chi connectivity index (χ0v) is 12.9. The van der Waals surface area contributed by atoms with Crippen molar-refractivity contribution < 1.29 is 17.0 Å². The standard InChI is InChI=1S/C20H16N.ClH/c1-2-8-18-14-21(13-12-16(18)6-1)15-19-10-5-9-17-7-3-4-11-20(17)19;/h1-14H,15H2;1H/q+1;/p-1. The summed E-state index contributed by atoms with van der Waals surface area (Å²) < 4.78 is 2.25. The van der Waals surface area contributed by atoms with E-state index < -0.39 is 0 Å². The molecule has 1 heterocycles. The summed E-state index contributed by atoms with van der Waals surface area (Å²) in [4.78, 5) is 0. The second-order valence-corrected chi connectivity index (χ2v) is 5.38. The minimum Gasteiger partial charge on any atom is -1.00 e. The predicted octanol–water partition coefficient (Wildman–Crippen LogP) is 1.33. The summed E-state index contributed by atoms with van der Waals surface area (Å²) in [7, 11) is 0. The summed E-state index contributed by atoms with van der Waals surface area (Å²) in [6, 6.07) is 25.8. The van der Waals surface area contributed by atoms with Crippen LogP contribution in [0, 0.1) is 0 Å². The Morgan fingerprint density at radius 3 is 2.18 bits per heavy atom. The summed E-state index contributed by atoms with van der Waals surface area (Å²) in [5.74, 6) is 0. The lowest BCUT2D eigenvalue weighted by atomic mass is 10.0. The maximum atomic E-state index is 2.25. The van der Waals surface area contributed by atoms with E-state index in [-0.39, 0.29) is 12.4 Å². The number of nitrogens with zero attached hydrogens (tertiary/aromatic N) is 1. The number of fused-ring (bicyclic) bond motifs is 2. The molecule has 108 valence electrons. The molecular formula is C20H16ClN. The van der Waals surface area contributed by atoms with Gasteiger partial charge in [0.1, 0.15) is 0 Å². The minimum atomic E-state index is 0. The van der Waals surface area contributed by atoms with Gasteiger partial charge in [0.05, 0.1) is 0 Å². The van der Waals surface area contributed by atoms with Crippen LogP contribution in [-0.2, 0) is 6.54 Å². The number of rotatable bonds is 2. The van der Waals surface area contributed by atoms with E-state index in [1.807, 2.05) is 0 Å². The predicted molar refractivity (Wildman–Crippen MR) is 87.2 cm³/mol. The zero-order chi connectivity index (χ0) is 14.1. The molecule has 0 atom stereocenters. The molecule has 3 aromatic carbocycles. The topological polar surface area (TPSA) is 3.88 Å². The first-order chi connectivity index (χ1) is 10.4. The highest BCUT2D eigenvalue weighted by Gasteiger charge is 2.07. The van der Waals surface area contributed by atoms with Gasteiger partial charge in [-0.3, -0.25) is 0 Å². The Hall–Kier alpha value is -2.38. The lowest BCUT2D eigenvalue weighted by Gasteiger charge is -2.04. The van der Waals surface area contributed by atoms with Crippen LogP contribution in [-0.4, -0.2) is 0 Å². The molecule has 0 unspecified atom stereocenters. The molecule has 1 aromatic heterocycles. The molecule has 0 saturated carbocycles. The highest BCUT2D eigenvalue weighted by Crippen LogP contribution is 2.18. The van der Waals surface area contributed by atoms with Gasteiger partial charge in [-0.15, -0.1) is 0 Å². The first-order valence-electron chi connectivity index (χ1n) is 7.25. The molecule has 22 heavy (non-hydrogen) atoms. The smallest absolute Gasteiger partial charge is 0.176 e. The lowest BCUT2D eigenvalue weighted by molar-refractivity contribution is -0.686. The molecule has 0 amide bonds. The van der Waals surface area contributed by atoms with Gasteiger partial charge >= 0.3 is 0 Å². The Morgan fingerprint density at radius 1 is 0.636 bits per heavy atom. The van der Waals surface area contributed by atoms with Gasteiger partial charge in [0.15, 0.2) is 18.9 Å². The van der Waals surface area contributed by atoms with Crippen LogP contribution in [0.4, 0.5) is 0 Å². The van der Waals surface area contributed by atoms with Gasteiger partial charge in [-0.25, -0.2) is 4.57 Å². The summed E-state index contributed by atoms with van der Waals surface area (Å²) in [6.45, 7) is 0.895. The molecule has 0 bridgehead atoms. The summed E-state index contributed by atoms with van der Waals surface area (Å²) in [5.41, 5.74) is 1.35. The third kappa shape index (κ3) is 2.68. The zero-order valence-electron chi connectivity index (χ0n) is 12.1. The molecule has 1 nitrogen and oxygen atoms in total. The fraction of sp³-hybridized carbons (Fsp3) is 0.0500. The second kappa shape index (κ2) is 6.17. The van der Waals surface area contributed by atoms with Crippen molar-refractivity contribution in [3.8, 4) is 0 Å². The quantitative estimate of drug-likeness (QED) is 0.492. The SMILES string of the molecule is [Cl-].c1ccc2c[n+](Cc3cccc4ccccc34)ccc2c1. The van der Waals surface area contributed by atoms with Crippen molar-refractivity contribution in [2.24, 2.45) is 0 Å². The lowest BCUT2D eigenvalue weighted by Crippen LogP contribution is -3.00. The van der Waals surface area contributed by atoms with E-state index in [4.69, 9.17) is 0 Å². The monoisotopic (exact) mass is 305 g/mol. The van der Waals surface area contributed by atoms with Crippen molar-refractivity contribution >= 4 is 21.5 Å². The van der Waals surface area contributed by atoms with Crippen molar-refractivity contribution in [2.45, 2.75) is 6.54 Å². The van der Waals surface area contributed by atoms with Crippen LogP contribution in [0.2, 0.25) is 0 Å². The summed E-state index contributed by atoms with van der Waals surface area (Å²) in [6.07, 6.45) is 4.38. The average molecular weight is 306 g/mol. The number of aromatic nitrogens is 1. The van der Waals surface area contributed by atoms with Crippen molar-refractivity contribution in [1.29, 1.82) is 0 Å². The molecule has 0 aliphatic heterocycles. The number of hydrogen-bond acceptors (Lipinski definition) is 0. The molecular weight excluding hydrogens is 290 g/mol. The molecule has 0 saturated heterocycles. The first-order valence-corrected chi connectivity index (χ1v) is 7.25. The van der Waals surface area contributed by atoms with E-state index >= 15 is 0 Å². The number of hydrogen-bond donors (Lipinski definition) is 0. The van der Waals surface area contributed by atoms with Crippen molar-refractivity contribution in [2.75, 3.05) is 0 Å². The third-order valence-corrected chi connectivity index (χ3v) is 3.98. The van der Waals surface area contributed by atoms with E-state index in [0.29, 0.717) is 0 Å². The maximum Gasteiger partial charge on any atom is 0.176 e. The molecule has 4 rings (SSSR count). The number of pyridine rings is 1. The van der Waals surface area contributed by atoms with E-state index in [1.165, 1.54) is 27.1 Å². The van der Waals surface area contributed by atoms with E-state index in [0.717, 1.165) is 6.54 Å². The summed E-state index contributed by atoms with van der Waals surface area (Å²) in [5, 5.41) is 5.20. The number of benzene rings is 3. The Bertz CT molecular complexity index is 925. The molecule has 0 fully saturated rings. The van der Waals surface area contributed by atoms with E-state index in [9.17, 15) is 0 Å². The maximum absolute atomic E-state index is 2.25. The Balaban J connectivity index is 0.00000144. The Labute approximate surface area is 136 Å². The normalized spacial score (nSPS) is 10.5. The van der Waals surface area contributed by atoms with Crippen LogP contribution in [0.15, 0.2) is 85.2 Å². The van der Waals surface area contributed by atoms with Crippen LogP contribution in [0.1, 0.15) is 5.56 Å².